The quantitative estimate of drug-likeness (QED) is 0.843. The molecule has 2 rings (SSSR count). The predicted octanol–water partition coefficient (Wildman–Crippen LogP) is 3.59. The number of carbonyl (C=O) groups excluding carboxylic acids is 1. The summed E-state index contributed by atoms with van der Waals surface area (Å²) in [5.74, 6) is -0.113. The van der Waals surface area contributed by atoms with Gasteiger partial charge in [0.25, 0.3) is 0 Å². The second-order valence-corrected chi connectivity index (χ2v) is 7.02. The van der Waals surface area contributed by atoms with Crippen LogP contribution in [0.1, 0.15) is 77.0 Å². The lowest BCUT2D eigenvalue weighted by Crippen LogP contribution is -2.52. The monoisotopic (exact) mass is 295 g/mol. The van der Waals surface area contributed by atoms with Crippen LogP contribution in [0.4, 0.5) is 0 Å². The molecule has 1 N–H and O–H groups in total. The second-order valence-electron chi connectivity index (χ2n) is 7.02. The standard InChI is InChI=1S/C17H29NO3/c1-18(15(19)12-14-8-4-2-5-9-14)17(13-16(20)21)10-6-3-7-11-17/h14H,2-13H2,1H3,(H,20,21). The topological polar surface area (TPSA) is 57.6 Å². The summed E-state index contributed by atoms with van der Waals surface area (Å²) >= 11 is 0. The van der Waals surface area contributed by atoms with Crippen LogP contribution in [0.5, 0.6) is 0 Å². The highest BCUT2D eigenvalue weighted by Crippen LogP contribution is 2.37. The van der Waals surface area contributed by atoms with E-state index in [1.54, 1.807) is 4.90 Å². The first kappa shape index (κ1) is 16.3. The molecule has 0 radical (unpaired) electrons. The highest BCUT2D eigenvalue weighted by atomic mass is 16.4. The van der Waals surface area contributed by atoms with Crippen LogP contribution < -0.4 is 0 Å². The molecular formula is C17H29NO3. The average Bonchev–Trinajstić information content (AvgIpc) is 2.47. The summed E-state index contributed by atoms with van der Waals surface area (Å²) in [6.07, 6.45) is 11.7. The van der Waals surface area contributed by atoms with Crippen molar-refractivity contribution in [3.63, 3.8) is 0 Å². The molecule has 0 atom stereocenters. The lowest BCUT2D eigenvalue weighted by atomic mass is 9.77. The maximum atomic E-state index is 12.6. The smallest absolute Gasteiger partial charge is 0.305 e. The minimum Gasteiger partial charge on any atom is -0.481 e. The molecule has 0 unspecified atom stereocenters. The molecule has 1 amide bonds. The molecule has 0 aromatic heterocycles. The molecule has 120 valence electrons. The summed E-state index contributed by atoms with van der Waals surface area (Å²) < 4.78 is 0. The predicted molar refractivity (Wildman–Crippen MR) is 82.0 cm³/mol. The largest absolute Gasteiger partial charge is 0.481 e. The first-order valence-electron chi connectivity index (χ1n) is 8.52. The number of hydrogen-bond acceptors (Lipinski definition) is 2. The van der Waals surface area contributed by atoms with E-state index in [0.29, 0.717) is 12.3 Å². The van der Waals surface area contributed by atoms with Gasteiger partial charge in [0.05, 0.1) is 12.0 Å². The summed E-state index contributed by atoms with van der Waals surface area (Å²) in [5.41, 5.74) is -0.435. The van der Waals surface area contributed by atoms with Gasteiger partial charge in [-0.3, -0.25) is 9.59 Å². The van der Waals surface area contributed by atoms with Crippen molar-refractivity contribution in [2.75, 3.05) is 7.05 Å². The number of hydrogen-bond donors (Lipinski definition) is 1. The minimum absolute atomic E-state index is 0.0971. The third kappa shape index (κ3) is 4.21. The van der Waals surface area contributed by atoms with Gasteiger partial charge in [-0.15, -0.1) is 0 Å². The molecule has 21 heavy (non-hydrogen) atoms. The fourth-order valence-electron chi connectivity index (χ4n) is 4.16. The average molecular weight is 295 g/mol. The number of aliphatic carboxylic acids is 1. The van der Waals surface area contributed by atoms with Crippen LogP contribution in [0, 0.1) is 5.92 Å². The van der Waals surface area contributed by atoms with E-state index < -0.39 is 11.5 Å². The second kappa shape index (κ2) is 7.28. The van der Waals surface area contributed by atoms with Gasteiger partial charge in [0, 0.05) is 13.5 Å². The molecule has 0 saturated heterocycles. The van der Waals surface area contributed by atoms with Gasteiger partial charge >= 0.3 is 5.97 Å². The van der Waals surface area contributed by atoms with Crippen molar-refractivity contribution in [1.82, 2.24) is 4.90 Å². The van der Waals surface area contributed by atoms with Crippen LogP contribution in [0.25, 0.3) is 0 Å². The molecule has 0 bridgehead atoms. The number of nitrogens with zero attached hydrogens (tertiary/aromatic N) is 1. The number of carbonyl (C=O) groups is 2. The molecule has 2 aliphatic carbocycles. The van der Waals surface area contributed by atoms with Gasteiger partial charge in [0.1, 0.15) is 0 Å². The summed E-state index contributed by atoms with van der Waals surface area (Å²) in [7, 11) is 1.83. The van der Waals surface area contributed by atoms with Crippen LogP contribution in [0.15, 0.2) is 0 Å². The van der Waals surface area contributed by atoms with E-state index in [-0.39, 0.29) is 12.3 Å². The zero-order valence-corrected chi connectivity index (χ0v) is 13.3. The Hall–Kier alpha value is -1.06. The lowest BCUT2D eigenvalue weighted by Gasteiger charge is -2.44. The van der Waals surface area contributed by atoms with Crippen LogP contribution in [0.3, 0.4) is 0 Å². The molecular weight excluding hydrogens is 266 g/mol. The number of carboxylic acids is 1. The van der Waals surface area contributed by atoms with Crippen LogP contribution in [0.2, 0.25) is 0 Å². The summed E-state index contributed by atoms with van der Waals surface area (Å²) in [4.78, 5) is 25.7. The van der Waals surface area contributed by atoms with E-state index >= 15 is 0 Å². The Labute approximate surface area is 127 Å². The molecule has 0 aromatic carbocycles. The van der Waals surface area contributed by atoms with Crippen molar-refractivity contribution >= 4 is 11.9 Å². The van der Waals surface area contributed by atoms with E-state index in [1.807, 2.05) is 7.05 Å². The van der Waals surface area contributed by atoms with Crippen molar-refractivity contribution in [3.05, 3.63) is 0 Å². The number of carboxylic acid groups (broad SMARTS) is 1. The highest BCUT2D eigenvalue weighted by molar-refractivity contribution is 5.78. The Morgan fingerprint density at radius 2 is 1.62 bits per heavy atom. The SMILES string of the molecule is CN(C(=O)CC1CCCCC1)C1(CC(=O)O)CCCCC1. The third-order valence-electron chi connectivity index (χ3n) is 5.54. The van der Waals surface area contributed by atoms with Crippen molar-refractivity contribution in [2.24, 2.45) is 5.92 Å². The van der Waals surface area contributed by atoms with Crippen LogP contribution in [-0.2, 0) is 9.59 Å². The van der Waals surface area contributed by atoms with Gasteiger partial charge in [0.15, 0.2) is 0 Å². The minimum atomic E-state index is -0.783. The number of amides is 1. The Kier molecular flexibility index (Phi) is 5.65. The first-order valence-corrected chi connectivity index (χ1v) is 8.52. The molecule has 0 aromatic rings. The van der Waals surface area contributed by atoms with E-state index in [1.165, 1.54) is 19.3 Å². The van der Waals surface area contributed by atoms with Gasteiger partial charge in [-0.2, -0.15) is 0 Å². The molecule has 4 nitrogen and oxygen atoms in total. The van der Waals surface area contributed by atoms with E-state index in [4.69, 9.17) is 0 Å². The third-order valence-corrected chi connectivity index (χ3v) is 5.54. The van der Waals surface area contributed by atoms with Crippen LogP contribution >= 0.6 is 0 Å². The first-order chi connectivity index (χ1) is 10.0. The Morgan fingerprint density at radius 3 is 2.19 bits per heavy atom. The maximum Gasteiger partial charge on any atom is 0.305 e. The number of rotatable bonds is 5. The van der Waals surface area contributed by atoms with E-state index in [2.05, 4.69) is 0 Å². The zero-order chi connectivity index (χ0) is 15.3. The Morgan fingerprint density at radius 1 is 1.05 bits per heavy atom. The summed E-state index contributed by atoms with van der Waals surface area (Å²) in [5, 5.41) is 9.25. The van der Waals surface area contributed by atoms with Crippen molar-refractivity contribution < 1.29 is 14.7 Å². The van der Waals surface area contributed by atoms with Gasteiger partial charge in [0.2, 0.25) is 5.91 Å². The molecule has 2 aliphatic rings. The lowest BCUT2D eigenvalue weighted by molar-refractivity contribution is -0.146. The van der Waals surface area contributed by atoms with Gasteiger partial charge in [-0.05, 0) is 31.6 Å². The van der Waals surface area contributed by atoms with Crippen molar-refractivity contribution in [2.45, 2.75) is 82.6 Å². The molecule has 0 heterocycles. The normalized spacial score (nSPS) is 22.7. The molecule has 2 fully saturated rings. The molecule has 0 spiro atoms. The Balaban J connectivity index is 2.00. The highest BCUT2D eigenvalue weighted by Gasteiger charge is 2.40. The van der Waals surface area contributed by atoms with Crippen molar-refractivity contribution in [1.29, 1.82) is 0 Å². The maximum absolute atomic E-state index is 12.6. The van der Waals surface area contributed by atoms with Gasteiger partial charge < -0.3 is 10.0 Å². The zero-order valence-electron chi connectivity index (χ0n) is 13.3. The van der Waals surface area contributed by atoms with E-state index in [9.17, 15) is 14.7 Å². The van der Waals surface area contributed by atoms with Gasteiger partial charge in [-0.1, -0.05) is 38.5 Å². The fourth-order valence-corrected chi connectivity index (χ4v) is 4.16. The fraction of sp³-hybridized carbons (Fsp3) is 0.882. The Bertz CT molecular complexity index is 368. The summed E-state index contributed by atoms with van der Waals surface area (Å²) in [6, 6.07) is 0. The van der Waals surface area contributed by atoms with E-state index in [0.717, 1.165) is 44.9 Å². The summed E-state index contributed by atoms with van der Waals surface area (Å²) in [6.45, 7) is 0. The molecule has 4 heteroatoms. The van der Waals surface area contributed by atoms with Crippen molar-refractivity contribution in [3.8, 4) is 0 Å². The van der Waals surface area contributed by atoms with Crippen LogP contribution in [-0.4, -0.2) is 34.5 Å². The molecule has 2 saturated carbocycles. The molecule has 0 aliphatic heterocycles. The van der Waals surface area contributed by atoms with Gasteiger partial charge in [-0.25, -0.2) is 0 Å².